The van der Waals surface area contributed by atoms with E-state index in [9.17, 15) is 0 Å². The number of aromatic nitrogens is 1. The summed E-state index contributed by atoms with van der Waals surface area (Å²) in [6, 6.07) is 14.8. The van der Waals surface area contributed by atoms with Crippen LogP contribution >= 0.6 is 0 Å². The SMILES string of the molecule is Cc1ccc(C2C=CC(C3NC=C(c4ccccn4)N3)=CN2)cc1. The molecule has 4 heteroatoms. The third-order valence-corrected chi connectivity index (χ3v) is 4.32. The van der Waals surface area contributed by atoms with Gasteiger partial charge in [0.15, 0.2) is 0 Å². The summed E-state index contributed by atoms with van der Waals surface area (Å²) in [7, 11) is 0. The van der Waals surface area contributed by atoms with E-state index in [1.807, 2.05) is 24.4 Å². The molecular weight excluding hydrogens is 296 g/mol. The highest BCUT2D eigenvalue weighted by Gasteiger charge is 2.21. The molecule has 120 valence electrons. The number of nitrogens with one attached hydrogen (secondary N) is 3. The lowest BCUT2D eigenvalue weighted by Crippen LogP contribution is -2.35. The molecule has 0 radical (unpaired) electrons. The van der Waals surface area contributed by atoms with Crippen LogP contribution < -0.4 is 16.0 Å². The quantitative estimate of drug-likeness (QED) is 0.815. The fourth-order valence-corrected chi connectivity index (χ4v) is 2.91. The largest absolute Gasteiger partial charge is 0.380 e. The molecule has 3 heterocycles. The van der Waals surface area contributed by atoms with E-state index in [1.54, 1.807) is 6.20 Å². The van der Waals surface area contributed by atoms with Gasteiger partial charge in [-0.3, -0.25) is 4.98 Å². The minimum Gasteiger partial charge on any atom is -0.380 e. The Morgan fingerprint density at radius 1 is 0.958 bits per heavy atom. The Labute approximate surface area is 142 Å². The smallest absolute Gasteiger partial charge is 0.124 e. The van der Waals surface area contributed by atoms with Crippen LogP contribution in [0, 0.1) is 6.92 Å². The molecule has 1 aromatic carbocycles. The molecule has 0 fully saturated rings. The van der Waals surface area contributed by atoms with Crippen LogP contribution in [-0.2, 0) is 0 Å². The number of rotatable bonds is 3. The number of nitrogens with zero attached hydrogens (tertiary/aromatic N) is 1. The summed E-state index contributed by atoms with van der Waals surface area (Å²) >= 11 is 0. The van der Waals surface area contributed by atoms with Gasteiger partial charge in [-0.15, -0.1) is 0 Å². The van der Waals surface area contributed by atoms with Crippen LogP contribution in [0.25, 0.3) is 5.70 Å². The van der Waals surface area contributed by atoms with Gasteiger partial charge in [0.2, 0.25) is 0 Å². The second-order valence-corrected chi connectivity index (χ2v) is 6.08. The highest BCUT2D eigenvalue weighted by Crippen LogP contribution is 2.22. The zero-order valence-corrected chi connectivity index (χ0v) is 13.5. The topological polar surface area (TPSA) is 49.0 Å². The summed E-state index contributed by atoms with van der Waals surface area (Å²) < 4.78 is 0. The average molecular weight is 316 g/mol. The third-order valence-electron chi connectivity index (χ3n) is 4.32. The Kier molecular flexibility index (Phi) is 3.79. The van der Waals surface area contributed by atoms with E-state index in [1.165, 1.54) is 16.7 Å². The first-order chi connectivity index (χ1) is 11.8. The first-order valence-corrected chi connectivity index (χ1v) is 8.15. The molecule has 2 atom stereocenters. The van der Waals surface area contributed by atoms with Crippen LogP contribution in [0.3, 0.4) is 0 Å². The summed E-state index contributed by atoms with van der Waals surface area (Å²) in [6.07, 6.45) is 10.3. The Morgan fingerprint density at radius 2 is 1.83 bits per heavy atom. The minimum absolute atomic E-state index is 0.0599. The van der Waals surface area contributed by atoms with Gasteiger partial charge in [-0.2, -0.15) is 0 Å². The molecule has 2 aliphatic heterocycles. The van der Waals surface area contributed by atoms with Crippen LogP contribution in [-0.4, -0.2) is 11.1 Å². The van der Waals surface area contributed by atoms with Crippen LogP contribution in [0.5, 0.6) is 0 Å². The summed E-state index contributed by atoms with van der Waals surface area (Å²) in [5.74, 6) is 0. The van der Waals surface area contributed by atoms with Crippen molar-refractivity contribution in [1.82, 2.24) is 20.9 Å². The number of benzene rings is 1. The van der Waals surface area contributed by atoms with Gasteiger partial charge >= 0.3 is 0 Å². The zero-order valence-electron chi connectivity index (χ0n) is 13.5. The second kappa shape index (κ2) is 6.24. The van der Waals surface area contributed by atoms with Gasteiger partial charge in [-0.25, -0.2) is 0 Å². The van der Waals surface area contributed by atoms with Crippen LogP contribution in [0.2, 0.25) is 0 Å². The Morgan fingerprint density at radius 3 is 2.54 bits per heavy atom. The van der Waals surface area contributed by atoms with E-state index in [2.05, 4.69) is 70.5 Å². The van der Waals surface area contributed by atoms with Crippen molar-refractivity contribution in [1.29, 1.82) is 0 Å². The van der Waals surface area contributed by atoms with E-state index in [0.29, 0.717) is 0 Å². The standard InChI is InChI=1S/C20H20N4/c1-14-5-7-15(8-6-14)17-10-9-16(12-22-17)20-23-13-19(24-20)18-4-2-3-11-21-18/h2-13,17,20,22-24H,1H3. The van der Waals surface area contributed by atoms with Crippen molar-refractivity contribution in [2.45, 2.75) is 19.1 Å². The maximum Gasteiger partial charge on any atom is 0.124 e. The highest BCUT2D eigenvalue weighted by molar-refractivity contribution is 5.63. The van der Waals surface area contributed by atoms with Crippen molar-refractivity contribution >= 4 is 5.70 Å². The molecule has 0 amide bonds. The van der Waals surface area contributed by atoms with Crippen molar-refractivity contribution in [2.75, 3.05) is 0 Å². The molecule has 0 spiro atoms. The normalized spacial score (nSPS) is 22.0. The molecule has 2 aliphatic rings. The van der Waals surface area contributed by atoms with Gasteiger partial charge in [0.25, 0.3) is 0 Å². The van der Waals surface area contributed by atoms with Crippen molar-refractivity contribution < 1.29 is 0 Å². The molecule has 0 saturated carbocycles. The van der Waals surface area contributed by atoms with E-state index >= 15 is 0 Å². The number of dihydropyridines is 1. The number of hydrogen-bond acceptors (Lipinski definition) is 4. The molecule has 1 aromatic heterocycles. The Hall–Kier alpha value is -3.01. The summed E-state index contributed by atoms with van der Waals surface area (Å²) in [4.78, 5) is 4.38. The van der Waals surface area contributed by atoms with Crippen molar-refractivity contribution in [3.05, 3.63) is 95.6 Å². The van der Waals surface area contributed by atoms with Gasteiger partial charge < -0.3 is 16.0 Å². The van der Waals surface area contributed by atoms with Gasteiger partial charge in [-0.1, -0.05) is 48.0 Å². The molecule has 2 aromatic rings. The average Bonchev–Trinajstić information content (AvgIpc) is 3.13. The lowest BCUT2D eigenvalue weighted by atomic mass is 10.0. The highest BCUT2D eigenvalue weighted by atomic mass is 15.2. The predicted molar refractivity (Wildman–Crippen MR) is 96.6 cm³/mol. The molecule has 4 nitrogen and oxygen atoms in total. The maximum atomic E-state index is 4.38. The summed E-state index contributed by atoms with van der Waals surface area (Å²) in [5.41, 5.74) is 5.67. The van der Waals surface area contributed by atoms with Crippen LogP contribution in [0.1, 0.15) is 22.9 Å². The first kappa shape index (κ1) is 14.6. The minimum atomic E-state index is 0.0599. The molecule has 3 N–H and O–H groups in total. The fraction of sp³-hybridized carbons (Fsp3) is 0.150. The second-order valence-electron chi connectivity index (χ2n) is 6.08. The van der Waals surface area contributed by atoms with Crippen molar-refractivity contribution in [2.24, 2.45) is 0 Å². The predicted octanol–water partition coefficient (Wildman–Crippen LogP) is 2.99. The number of aryl methyl sites for hydroxylation is 1. The molecule has 2 unspecified atom stereocenters. The summed E-state index contributed by atoms with van der Waals surface area (Å²) in [5, 5.41) is 10.3. The van der Waals surface area contributed by atoms with E-state index in [4.69, 9.17) is 0 Å². The van der Waals surface area contributed by atoms with Gasteiger partial charge in [0.1, 0.15) is 6.17 Å². The van der Waals surface area contributed by atoms with Crippen LogP contribution in [0.4, 0.5) is 0 Å². The molecular formula is C20H20N4. The lowest BCUT2D eigenvalue weighted by molar-refractivity contribution is 0.642. The molecule has 0 saturated heterocycles. The Balaban J connectivity index is 1.41. The fourth-order valence-electron chi connectivity index (χ4n) is 2.91. The monoisotopic (exact) mass is 316 g/mol. The zero-order chi connectivity index (χ0) is 16.4. The lowest BCUT2D eigenvalue weighted by Gasteiger charge is -2.23. The van der Waals surface area contributed by atoms with Gasteiger partial charge in [0, 0.05) is 24.2 Å². The van der Waals surface area contributed by atoms with E-state index in [0.717, 1.165) is 11.4 Å². The maximum absolute atomic E-state index is 4.38. The van der Waals surface area contributed by atoms with Gasteiger partial charge in [0.05, 0.1) is 17.4 Å². The molecule has 0 bridgehead atoms. The number of hydrogen-bond donors (Lipinski definition) is 3. The Bertz CT molecular complexity index is 803. The van der Waals surface area contributed by atoms with Crippen molar-refractivity contribution in [3.8, 4) is 0 Å². The first-order valence-electron chi connectivity index (χ1n) is 8.15. The third kappa shape index (κ3) is 2.91. The summed E-state index contributed by atoms with van der Waals surface area (Å²) in [6.45, 7) is 2.11. The van der Waals surface area contributed by atoms with Gasteiger partial charge in [-0.05, 0) is 24.6 Å². The van der Waals surface area contributed by atoms with Crippen LogP contribution in [0.15, 0.2) is 78.8 Å². The molecule has 0 aliphatic carbocycles. The molecule has 24 heavy (non-hydrogen) atoms. The number of pyridine rings is 1. The molecule has 4 rings (SSSR count). The van der Waals surface area contributed by atoms with Crippen molar-refractivity contribution in [3.63, 3.8) is 0 Å². The van der Waals surface area contributed by atoms with E-state index in [-0.39, 0.29) is 12.2 Å². The van der Waals surface area contributed by atoms with E-state index < -0.39 is 0 Å².